The Kier molecular flexibility index (Phi) is 4.33. The van der Waals surface area contributed by atoms with E-state index in [4.69, 9.17) is 4.74 Å². The summed E-state index contributed by atoms with van der Waals surface area (Å²) in [6.07, 6.45) is 0. The topological polar surface area (TPSA) is 45.3 Å². The van der Waals surface area contributed by atoms with Crippen LogP contribution in [0.1, 0.15) is 16.1 Å². The Balaban J connectivity index is 1.60. The number of hydrogen-bond acceptors (Lipinski definition) is 2. The van der Waals surface area contributed by atoms with E-state index in [0.717, 1.165) is 22.2 Å². The minimum absolute atomic E-state index is 0.0328. The largest absolute Gasteiger partial charge is 0.491 e. The smallest absolute Gasteiger partial charge is 0.270 e. The molecule has 3 aromatic rings. The number of amides is 1. The van der Waals surface area contributed by atoms with Gasteiger partial charge in [-0.3, -0.25) is 4.79 Å². The Labute approximate surface area is 135 Å². The van der Waals surface area contributed by atoms with Crippen LogP contribution in [0.5, 0.6) is 5.75 Å². The van der Waals surface area contributed by atoms with Crippen molar-refractivity contribution in [3.63, 3.8) is 0 Å². The maximum Gasteiger partial charge on any atom is 0.270 e. The van der Waals surface area contributed by atoms with Gasteiger partial charge in [0.2, 0.25) is 0 Å². The van der Waals surface area contributed by atoms with E-state index in [9.17, 15) is 4.79 Å². The molecule has 0 bridgehead atoms. The Morgan fingerprint density at radius 1 is 1.13 bits per heavy atom. The summed E-state index contributed by atoms with van der Waals surface area (Å²) in [5.41, 5.74) is 2.67. The average Bonchev–Trinajstić information content (AvgIpc) is 2.99. The van der Waals surface area contributed by atoms with Crippen molar-refractivity contribution in [2.45, 2.75) is 6.92 Å². The normalized spacial score (nSPS) is 10.7. The minimum atomic E-state index is -0.0328. The Morgan fingerprint density at radius 3 is 2.65 bits per heavy atom. The number of rotatable bonds is 5. The van der Waals surface area contributed by atoms with Crippen molar-refractivity contribution < 1.29 is 9.53 Å². The summed E-state index contributed by atoms with van der Waals surface area (Å²) >= 11 is 0. The molecule has 0 aliphatic rings. The molecule has 0 aliphatic heterocycles. The molecule has 1 amide bonds. The molecular formula is C19H20N2O2. The molecule has 2 aromatic carbocycles. The van der Waals surface area contributed by atoms with Crippen LogP contribution in [0, 0.1) is 6.92 Å². The molecule has 1 aromatic heterocycles. The van der Waals surface area contributed by atoms with E-state index in [0.29, 0.717) is 18.8 Å². The predicted octanol–water partition coefficient (Wildman–Crippen LogP) is 3.63. The first-order chi connectivity index (χ1) is 11.1. The number of ether oxygens (including phenoxy) is 1. The second kappa shape index (κ2) is 6.57. The van der Waals surface area contributed by atoms with Crippen molar-refractivity contribution in [1.82, 2.24) is 9.88 Å². The Bertz CT molecular complexity index is 790. The third-order valence-corrected chi connectivity index (χ3v) is 3.88. The molecule has 0 radical (unpaired) electrons. The van der Waals surface area contributed by atoms with Crippen LogP contribution in [0.4, 0.5) is 0 Å². The predicted molar refractivity (Wildman–Crippen MR) is 91.9 cm³/mol. The molecule has 4 heteroatoms. The number of benzene rings is 2. The SMILES string of the molecule is Cc1ccccc1OCCN(C)C(=O)c1cc2ccccc2[nH]1. The zero-order valence-corrected chi connectivity index (χ0v) is 13.4. The summed E-state index contributed by atoms with van der Waals surface area (Å²) < 4.78 is 5.75. The van der Waals surface area contributed by atoms with E-state index in [1.54, 1.807) is 11.9 Å². The summed E-state index contributed by atoms with van der Waals surface area (Å²) in [6.45, 7) is 3.00. The quantitative estimate of drug-likeness (QED) is 0.782. The van der Waals surface area contributed by atoms with Gasteiger partial charge in [-0.05, 0) is 30.7 Å². The van der Waals surface area contributed by atoms with Crippen molar-refractivity contribution >= 4 is 16.8 Å². The molecule has 0 fully saturated rings. The number of aromatic amines is 1. The maximum atomic E-state index is 12.5. The first kappa shape index (κ1) is 15.2. The third kappa shape index (κ3) is 3.37. The lowest BCUT2D eigenvalue weighted by atomic mass is 10.2. The summed E-state index contributed by atoms with van der Waals surface area (Å²) in [6, 6.07) is 17.6. The average molecular weight is 308 g/mol. The maximum absolute atomic E-state index is 12.5. The van der Waals surface area contributed by atoms with Crippen LogP contribution in [0.3, 0.4) is 0 Å². The van der Waals surface area contributed by atoms with Gasteiger partial charge in [-0.25, -0.2) is 0 Å². The van der Waals surface area contributed by atoms with E-state index < -0.39 is 0 Å². The lowest BCUT2D eigenvalue weighted by Crippen LogP contribution is -2.31. The monoisotopic (exact) mass is 308 g/mol. The zero-order chi connectivity index (χ0) is 16.2. The van der Waals surface area contributed by atoms with Crippen LogP contribution in [0.2, 0.25) is 0 Å². The van der Waals surface area contributed by atoms with Crippen molar-refractivity contribution in [2.24, 2.45) is 0 Å². The fourth-order valence-electron chi connectivity index (χ4n) is 2.51. The highest BCUT2D eigenvalue weighted by molar-refractivity contribution is 5.97. The highest BCUT2D eigenvalue weighted by Crippen LogP contribution is 2.17. The lowest BCUT2D eigenvalue weighted by Gasteiger charge is -2.17. The van der Waals surface area contributed by atoms with Crippen molar-refractivity contribution in [1.29, 1.82) is 0 Å². The number of aryl methyl sites for hydroxylation is 1. The van der Waals surface area contributed by atoms with Gasteiger partial charge in [0.25, 0.3) is 5.91 Å². The van der Waals surface area contributed by atoms with Crippen molar-refractivity contribution in [3.05, 3.63) is 65.9 Å². The van der Waals surface area contributed by atoms with Gasteiger partial charge in [-0.15, -0.1) is 0 Å². The highest BCUT2D eigenvalue weighted by atomic mass is 16.5. The van der Waals surface area contributed by atoms with Gasteiger partial charge in [0.15, 0.2) is 0 Å². The van der Waals surface area contributed by atoms with Crippen molar-refractivity contribution in [3.8, 4) is 5.75 Å². The van der Waals surface area contributed by atoms with Crippen molar-refractivity contribution in [2.75, 3.05) is 20.2 Å². The number of hydrogen-bond donors (Lipinski definition) is 1. The van der Waals surface area contributed by atoms with Gasteiger partial charge >= 0.3 is 0 Å². The molecular weight excluding hydrogens is 288 g/mol. The summed E-state index contributed by atoms with van der Waals surface area (Å²) in [7, 11) is 1.79. The van der Waals surface area contributed by atoms with Crippen LogP contribution >= 0.6 is 0 Å². The highest BCUT2D eigenvalue weighted by Gasteiger charge is 2.14. The van der Waals surface area contributed by atoms with Gasteiger partial charge in [0.05, 0.1) is 6.54 Å². The lowest BCUT2D eigenvalue weighted by molar-refractivity contribution is 0.0769. The molecule has 0 atom stereocenters. The number of H-pyrrole nitrogens is 1. The molecule has 3 rings (SSSR count). The fourth-order valence-corrected chi connectivity index (χ4v) is 2.51. The molecule has 0 spiro atoms. The summed E-state index contributed by atoms with van der Waals surface area (Å²) in [5.74, 6) is 0.827. The molecule has 0 saturated carbocycles. The van der Waals surface area contributed by atoms with Gasteiger partial charge in [0, 0.05) is 18.0 Å². The zero-order valence-electron chi connectivity index (χ0n) is 13.4. The number of nitrogens with one attached hydrogen (secondary N) is 1. The standard InChI is InChI=1S/C19H20N2O2/c1-14-7-3-6-10-18(14)23-12-11-21(2)19(22)17-13-15-8-4-5-9-16(15)20-17/h3-10,13,20H,11-12H2,1-2H3. The summed E-state index contributed by atoms with van der Waals surface area (Å²) in [4.78, 5) is 17.3. The number of likely N-dealkylation sites (N-methyl/N-ethyl adjacent to an activating group) is 1. The third-order valence-electron chi connectivity index (χ3n) is 3.88. The number of carbonyl (C=O) groups is 1. The Hall–Kier alpha value is -2.75. The van der Waals surface area contributed by atoms with E-state index in [-0.39, 0.29) is 5.91 Å². The van der Waals surface area contributed by atoms with Gasteiger partial charge in [0.1, 0.15) is 18.1 Å². The number of para-hydroxylation sites is 2. The molecule has 1 N–H and O–H groups in total. The van der Waals surface area contributed by atoms with E-state index >= 15 is 0 Å². The molecule has 4 nitrogen and oxygen atoms in total. The molecule has 0 aliphatic carbocycles. The van der Waals surface area contributed by atoms with Crippen LogP contribution in [-0.4, -0.2) is 36.0 Å². The fraction of sp³-hybridized carbons (Fsp3) is 0.211. The van der Waals surface area contributed by atoms with Gasteiger partial charge < -0.3 is 14.6 Å². The van der Waals surface area contributed by atoms with Crippen LogP contribution in [-0.2, 0) is 0 Å². The van der Waals surface area contributed by atoms with E-state index in [1.165, 1.54) is 0 Å². The molecule has 1 heterocycles. The first-order valence-corrected chi connectivity index (χ1v) is 7.67. The van der Waals surface area contributed by atoms with E-state index in [1.807, 2.05) is 61.5 Å². The number of fused-ring (bicyclic) bond motifs is 1. The molecule has 0 saturated heterocycles. The van der Waals surface area contributed by atoms with Crippen LogP contribution in [0.15, 0.2) is 54.6 Å². The van der Waals surface area contributed by atoms with E-state index in [2.05, 4.69) is 4.98 Å². The number of nitrogens with zero attached hydrogens (tertiary/aromatic N) is 1. The second-order valence-corrected chi connectivity index (χ2v) is 5.61. The number of carbonyl (C=O) groups excluding carboxylic acids is 1. The Morgan fingerprint density at radius 2 is 1.87 bits per heavy atom. The first-order valence-electron chi connectivity index (χ1n) is 7.67. The van der Waals surface area contributed by atoms with Crippen LogP contribution < -0.4 is 4.74 Å². The van der Waals surface area contributed by atoms with Crippen LogP contribution in [0.25, 0.3) is 10.9 Å². The number of aromatic nitrogens is 1. The minimum Gasteiger partial charge on any atom is -0.491 e. The summed E-state index contributed by atoms with van der Waals surface area (Å²) in [5, 5.41) is 1.04. The molecule has 23 heavy (non-hydrogen) atoms. The van der Waals surface area contributed by atoms with Gasteiger partial charge in [-0.2, -0.15) is 0 Å². The van der Waals surface area contributed by atoms with Gasteiger partial charge in [-0.1, -0.05) is 36.4 Å². The molecule has 0 unspecified atom stereocenters. The second-order valence-electron chi connectivity index (χ2n) is 5.61. The molecule has 118 valence electrons.